The molecule has 1 aliphatic rings. The predicted octanol–water partition coefficient (Wildman–Crippen LogP) is 6.73. The molecule has 3 nitrogen and oxygen atoms in total. The van der Waals surface area contributed by atoms with E-state index >= 15 is 0 Å². The third-order valence-corrected chi connectivity index (χ3v) is 10.7. The molecule has 1 unspecified atom stereocenters. The van der Waals surface area contributed by atoms with Gasteiger partial charge in [0.1, 0.15) is 11.4 Å². The molecule has 0 amide bonds. The zero-order valence-corrected chi connectivity index (χ0v) is 20.3. The minimum absolute atomic E-state index is 0.0781. The van der Waals surface area contributed by atoms with Crippen LogP contribution in [-0.2, 0) is 15.3 Å². The normalized spacial score (nSPS) is 22.6. The molecule has 154 valence electrons. The highest BCUT2D eigenvalue weighted by atomic mass is 28.4. The maximum atomic E-state index is 6.55. The Bertz CT molecular complexity index is 650. The molecule has 1 heterocycles. The first-order valence-corrected chi connectivity index (χ1v) is 13.3. The summed E-state index contributed by atoms with van der Waals surface area (Å²) in [5.74, 6) is 0.918. The van der Waals surface area contributed by atoms with Crippen LogP contribution in [0.3, 0.4) is 0 Å². The van der Waals surface area contributed by atoms with E-state index in [0.717, 1.165) is 11.3 Å². The van der Waals surface area contributed by atoms with Crippen molar-refractivity contribution >= 4 is 8.32 Å². The molecule has 1 atom stereocenters. The Balaban J connectivity index is 2.46. The molecule has 4 heteroatoms. The first kappa shape index (κ1) is 22.4. The molecule has 2 rings (SSSR count). The van der Waals surface area contributed by atoms with Gasteiger partial charge in [-0.2, -0.15) is 0 Å². The summed E-state index contributed by atoms with van der Waals surface area (Å²) in [6.45, 7) is 24.4. The molecule has 1 aromatic carbocycles. The molecule has 1 saturated heterocycles. The minimum Gasteiger partial charge on any atom is -0.543 e. The summed E-state index contributed by atoms with van der Waals surface area (Å²) in [5, 5.41) is 0.158. The van der Waals surface area contributed by atoms with Crippen LogP contribution in [0.15, 0.2) is 24.3 Å². The van der Waals surface area contributed by atoms with E-state index in [4.69, 9.17) is 13.9 Å². The van der Waals surface area contributed by atoms with E-state index in [1.165, 1.54) is 0 Å². The van der Waals surface area contributed by atoms with Gasteiger partial charge in [0, 0.05) is 5.56 Å². The topological polar surface area (TPSA) is 31.0 Å². The highest BCUT2D eigenvalue weighted by molar-refractivity contribution is 6.74. The van der Waals surface area contributed by atoms with Gasteiger partial charge < -0.3 is 13.9 Å². The van der Waals surface area contributed by atoms with Crippen molar-refractivity contribution in [3.63, 3.8) is 0 Å². The zero-order chi connectivity index (χ0) is 20.8. The van der Waals surface area contributed by atoms with E-state index in [-0.39, 0.29) is 16.7 Å². The molecular formula is C23H40O3Si. The van der Waals surface area contributed by atoms with Gasteiger partial charge in [-0.25, -0.2) is 0 Å². The Morgan fingerprint density at radius 1 is 0.963 bits per heavy atom. The summed E-state index contributed by atoms with van der Waals surface area (Å²) in [5.41, 5.74) is 0.752. The summed E-state index contributed by atoms with van der Waals surface area (Å²) in [6, 6.07) is 8.38. The maximum Gasteiger partial charge on any atom is 0.250 e. The van der Waals surface area contributed by atoms with Gasteiger partial charge in [0.25, 0.3) is 0 Å². The first-order chi connectivity index (χ1) is 12.2. The number of hydrogen-bond donors (Lipinski definition) is 0. The molecule has 0 aromatic heterocycles. The van der Waals surface area contributed by atoms with Crippen LogP contribution in [0.1, 0.15) is 67.9 Å². The summed E-state index contributed by atoms with van der Waals surface area (Å²) in [7, 11) is -1.90. The van der Waals surface area contributed by atoms with Gasteiger partial charge in [-0.3, -0.25) is 0 Å². The summed E-state index contributed by atoms with van der Waals surface area (Å²) < 4.78 is 19.5. The lowest BCUT2D eigenvalue weighted by Gasteiger charge is -2.36. The lowest BCUT2D eigenvalue weighted by molar-refractivity contribution is -0.0846. The third kappa shape index (κ3) is 3.85. The average molecular weight is 393 g/mol. The van der Waals surface area contributed by atoms with Gasteiger partial charge in [0.05, 0.1) is 6.10 Å². The van der Waals surface area contributed by atoms with Crippen LogP contribution in [0.4, 0.5) is 0 Å². The van der Waals surface area contributed by atoms with Crippen molar-refractivity contribution in [2.45, 2.75) is 97.9 Å². The second-order valence-corrected chi connectivity index (χ2v) is 15.1. The molecule has 0 N–H and O–H groups in total. The van der Waals surface area contributed by atoms with Crippen molar-refractivity contribution < 1.29 is 13.9 Å². The molecule has 27 heavy (non-hydrogen) atoms. The van der Waals surface area contributed by atoms with Crippen LogP contribution >= 0.6 is 0 Å². The molecule has 0 aliphatic carbocycles. The Morgan fingerprint density at radius 3 is 1.93 bits per heavy atom. The van der Waals surface area contributed by atoms with E-state index in [0.29, 0.717) is 11.8 Å². The fourth-order valence-corrected chi connectivity index (χ4v) is 4.91. The monoisotopic (exact) mass is 392 g/mol. The van der Waals surface area contributed by atoms with Gasteiger partial charge in [-0.15, -0.1) is 0 Å². The fourth-order valence-electron chi connectivity index (χ4n) is 3.89. The predicted molar refractivity (Wildman–Crippen MR) is 116 cm³/mol. The maximum absolute atomic E-state index is 6.55. The molecule has 1 aliphatic heterocycles. The highest BCUT2D eigenvalue weighted by Crippen LogP contribution is 2.64. The van der Waals surface area contributed by atoms with Crippen LogP contribution in [0.25, 0.3) is 0 Å². The SMILES string of the molecule is CC(C)OC1(c2cccc(O[Si](C)(C)C(C)(C)C)c2)OC1(C(C)C)C(C)C. The molecule has 0 radical (unpaired) electrons. The van der Waals surface area contributed by atoms with Crippen LogP contribution < -0.4 is 4.43 Å². The van der Waals surface area contributed by atoms with E-state index in [2.05, 4.69) is 99.7 Å². The van der Waals surface area contributed by atoms with Gasteiger partial charge >= 0.3 is 0 Å². The standard InChI is InChI=1S/C23H40O3Si/c1-16(2)22(17(3)4)23(26-22,24-18(5)6)19-13-12-14-20(15-19)25-27(10,11)21(7,8)9/h12-18H,1-11H3. The average Bonchev–Trinajstić information content (AvgIpc) is 3.16. The van der Waals surface area contributed by atoms with Crippen LogP contribution in [-0.4, -0.2) is 20.0 Å². The quantitative estimate of drug-likeness (QED) is 0.381. The Labute approximate surface area is 167 Å². The molecule has 0 bridgehead atoms. The number of benzene rings is 1. The summed E-state index contributed by atoms with van der Waals surface area (Å²) in [6.07, 6.45) is 0.0781. The lowest BCUT2D eigenvalue weighted by Crippen LogP contribution is -2.44. The van der Waals surface area contributed by atoms with Gasteiger partial charge in [-0.05, 0) is 55.9 Å². The number of hydrogen-bond acceptors (Lipinski definition) is 3. The molecule has 0 spiro atoms. The molecular weight excluding hydrogens is 352 g/mol. The van der Waals surface area contributed by atoms with Crippen molar-refractivity contribution in [3.8, 4) is 5.75 Å². The van der Waals surface area contributed by atoms with Crippen molar-refractivity contribution in [2.75, 3.05) is 0 Å². The number of ether oxygens (including phenoxy) is 2. The zero-order valence-electron chi connectivity index (χ0n) is 19.3. The van der Waals surface area contributed by atoms with Gasteiger partial charge in [0.15, 0.2) is 0 Å². The summed E-state index contributed by atoms with van der Waals surface area (Å²) in [4.78, 5) is 0. The minimum atomic E-state index is -1.90. The lowest BCUT2D eigenvalue weighted by atomic mass is 9.78. The molecule has 1 aromatic rings. The molecule has 1 fully saturated rings. The van der Waals surface area contributed by atoms with Crippen LogP contribution in [0, 0.1) is 11.8 Å². The van der Waals surface area contributed by atoms with E-state index in [9.17, 15) is 0 Å². The van der Waals surface area contributed by atoms with Crippen molar-refractivity contribution in [1.82, 2.24) is 0 Å². The Kier molecular flexibility index (Phi) is 5.99. The third-order valence-electron chi connectivity index (χ3n) is 6.30. The fraction of sp³-hybridized carbons (Fsp3) is 0.739. The number of rotatable bonds is 7. The van der Waals surface area contributed by atoms with Crippen molar-refractivity contribution in [2.24, 2.45) is 11.8 Å². The largest absolute Gasteiger partial charge is 0.543 e. The van der Waals surface area contributed by atoms with E-state index in [1.54, 1.807) is 0 Å². The number of epoxide rings is 1. The first-order valence-electron chi connectivity index (χ1n) is 10.4. The highest BCUT2D eigenvalue weighted by Gasteiger charge is 2.75. The van der Waals surface area contributed by atoms with Gasteiger partial charge in [0.2, 0.25) is 14.1 Å². The Morgan fingerprint density at radius 2 is 1.52 bits per heavy atom. The van der Waals surface area contributed by atoms with Gasteiger partial charge in [-0.1, -0.05) is 60.6 Å². The van der Waals surface area contributed by atoms with E-state index < -0.39 is 14.1 Å². The van der Waals surface area contributed by atoms with Crippen LogP contribution in [0.5, 0.6) is 5.75 Å². The second kappa shape index (κ2) is 7.20. The van der Waals surface area contributed by atoms with Crippen molar-refractivity contribution in [3.05, 3.63) is 29.8 Å². The van der Waals surface area contributed by atoms with E-state index in [1.807, 2.05) is 0 Å². The molecule has 0 saturated carbocycles. The van der Waals surface area contributed by atoms with Crippen molar-refractivity contribution in [1.29, 1.82) is 0 Å². The summed E-state index contributed by atoms with van der Waals surface area (Å²) >= 11 is 0. The Hall–Kier alpha value is -0.843. The smallest absolute Gasteiger partial charge is 0.250 e. The van der Waals surface area contributed by atoms with Crippen LogP contribution in [0.2, 0.25) is 18.1 Å². The second-order valence-electron chi connectivity index (χ2n) is 10.4.